The zero-order valence-corrected chi connectivity index (χ0v) is 58.3. The van der Waals surface area contributed by atoms with Crippen LogP contribution in [-0.4, -0.2) is 14.1 Å². The summed E-state index contributed by atoms with van der Waals surface area (Å²) in [7, 11) is 0. The molecule has 12 rings (SSSR count). The van der Waals surface area contributed by atoms with E-state index in [0.29, 0.717) is 28.2 Å². The van der Waals surface area contributed by atoms with E-state index in [2.05, 4.69) is 243 Å². The molecule has 0 atom stereocenters. The Kier molecular flexibility index (Phi) is 14.1. The number of fused-ring (bicyclic) bond motifs is 4. The summed E-state index contributed by atoms with van der Waals surface area (Å²) in [6, 6.07) is 58.2. The molecule has 0 aliphatic carbocycles. The Morgan fingerprint density at radius 1 is 0.451 bits per heavy atom. The Morgan fingerprint density at radius 2 is 1.01 bits per heavy atom. The molecule has 0 bridgehead atoms. The van der Waals surface area contributed by atoms with Crippen LogP contribution >= 0.6 is 0 Å². The largest absolute Gasteiger partial charge is 0.510 e. The van der Waals surface area contributed by atoms with Crippen molar-refractivity contribution in [1.82, 2.24) is 14.1 Å². The van der Waals surface area contributed by atoms with Crippen molar-refractivity contribution in [1.29, 1.82) is 0 Å². The minimum absolute atomic E-state index is 0. The first-order valence-corrected chi connectivity index (χ1v) is 31.4. The molecular formula is C85H88N4OPt-2. The van der Waals surface area contributed by atoms with E-state index in [0.717, 1.165) is 60.9 Å². The van der Waals surface area contributed by atoms with E-state index >= 15 is 0 Å². The van der Waals surface area contributed by atoms with Gasteiger partial charge in [0.2, 0.25) is 0 Å². The van der Waals surface area contributed by atoms with Gasteiger partial charge in [-0.25, -0.2) is 4.98 Å². The van der Waals surface area contributed by atoms with Crippen molar-refractivity contribution >= 4 is 32.8 Å². The Morgan fingerprint density at radius 3 is 1.63 bits per heavy atom. The van der Waals surface area contributed by atoms with Crippen LogP contribution in [0.1, 0.15) is 175 Å². The third kappa shape index (κ3) is 12.8. The van der Waals surface area contributed by atoms with Gasteiger partial charge in [0.25, 0.3) is 6.33 Å². The van der Waals surface area contributed by atoms with E-state index in [1.807, 2.05) is 59.2 Å². The van der Waals surface area contributed by atoms with E-state index in [-0.39, 0.29) is 76.1 Å². The Hall–Kier alpha value is -8.11. The third-order valence-electron chi connectivity index (χ3n) is 17.5. The van der Waals surface area contributed by atoms with Gasteiger partial charge < -0.3 is 13.9 Å². The zero-order chi connectivity index (χ0) is 71.1. The number of hydrogen-bond donors (Lipinski definition) is 0. The predicted molar refractivity (Wildman–Crippen MR) is 379 cm³/mol. The van der Waals surface area contributed by atoms with Gasteiger partial charge in [-0.15, -0.1) is 29.7 Å². The van der Waals surface area contributed by atoms with Crippen LogP contribution in [0.5, 0.6) is 11.5 Å². The van der Waals surface area contributed by atoms with E-state index in [1.165, 1.54) is 45.6 Å². The minimum Gasteiger partial charge on any atom is -0.510 e. The second-order valence-corrected chi connectivity index (χ2v) is 30.6. The van der Waals surface area contributed by atoms with Crippen molar-refractivity contribution in [3.8, 4) is 73.2 Å². The molecule has 0 fully saturated rings. The molecule has 0 saturated carbocycles. The fraction of sp³-hybridized carbons (Fsp3) is 0.294. The monoisotopic (exact) mass is 1380 g/mol. The fourth-order valence-corrected chi connectivity index (χ4v) is 11.9. The fourth-order valence-electron chi connectivity index (χ4n) is 11.9. The van der Waals surface area contributed by atoms with Crippen LogP contribution in [0.2, 0.25) is 0 Å². The van der Waals surface area contributed by atoms with Crippen LogP contribution in [0.15, 0.2) is 188 Å². The van der Waals surface area contributed by atoms with Crippen LogP contribution < -0.4 is 9.30 Å². The predicted octanol–water partition coefficient (Wildman–Crippen LogP) is 22.4. The molecule has 0 radical (unpaired) electrons. The molecule has 0 aliphatic heterocycles. The van der Waals surface area contributed by atoms with Crippen molar-refractivity contribution in [3.05, 3.63) is 245 Å². The van der Waals surface area contributed by atoms with E-state index in [9.17, 15) is 0 Å². The molecule has 0 spiro atoms. The maximum atomic E-state index is 8.77. The average Bonchev–Trinajstić information content (AvgIpc) is 1.68. The van der Waals surface area contributed by atoms with Crippen LogP contribution in [0.3, 0.4) is 0 Å². The number of imidazole rings is 1. The molecule has 0 saturated heterocycles. The smallest absolute Gasteiger partial charge is 0.268 e. The summed E-state index contributed by atoms with van der Waals surface area (Å²) in [5.74, 6) is 0.980. The van der Waals surface area contributed by atoms with Gasteiger partial charge in [0.1, 0.15) is 5.82 Å². The van der Waals surface area contributed by atoms with Crippen molar-refractivity contribution in [2.24, 2.45) is 0 Å². The summed E-state index contributed by atoms with van der Waals surface area (Å²) < 4.78 is 81.9. The molecule has 0 unspecified atom stereocenters. The second-order valence-electron chi connectivity index (χ2n) is 30.6. The second kappa shape index (κ2) is 23.5. The van der Waals surface area contributed by atoms with Gasteiger partial charge in [0, 0.05) is 54.0 Å². The number of rotatable bonds is 9. The molecular weight excluding hydrogens is 1290 g/mol. The Balaban J connectivity index is 0.00000990. The molecule has 12 aromatic rings. The molecule has 9 aromatic carbocycles. The number of ether oxygens (including phenoxy) is 1. The molecule has 0 N–H and O–H groups in total. The number of nitrogens with zero attached hydrogens (tertiary/aromatic N) is 4. The normalized spacial score (nSPS) is 14.1. The molecule has 0 amide bonds. The first-order chi connectivity index (χ1) is 45.6. The van der Waals surface area contributed by atoms with Gasteiger partial charge in [-0.2, -0.15) is 18.2 Å². The third-order valence-corrected chi connectivity index (χ3v) is 17.5. The molecule has 3 heterocycles. The maximum Gasteiger partial charge on any atom is 0.268 e. The van der Waals surface area contributed by atoms with E-state index in [4.69, 9.17) is 20.7 Å². The van der Waals surface area contributed by atoms with Gasteiger partial charge in [-0.3, -0.25) is 4.57 Å². The molecule has 6 heteroatoms. The summed E-state index contributed by atoms with van der Waals surface area (Å²) in [6.45, 7) is 38.3. The van der Waals surface area contributed by atoms with Crippen LogP contribution in [0.25, 0.3) is 94.5 Å². The van der Waals surface area contributed by atoms with E-state index < -0.39 is 37.1 Å². The van der Waals surface area contributed by atoms with Gasteiger partial charge in [0.15, 0.2) is 0 Å². The summed E-state index contributed by atoms with van der Waals surface area (Å²) in [5, 5.41) is 1.65. The number of aromatic nitrogens is 4. The quantitative estimate of drug-likeness (QED) is 0.107. The van der Waals surface area contributed by atoms with E-state index in [1.54, 1.807) is 0 Å². The molecule has 91 heavy (non-hydrogen) atoms. The number of hydrogen-bond acceptors (Lipinski definition) is 2. The van der Waals surface area contributed by atoms with Crippen molar-refractivity contribution in [2.45, 2.75) is 164 Å². The van der Waals surface area contributed by atoms with Crippen LogP contribution in [0, 0.1) is 25.3 Å². The Labute approximate surface area is 567 Å². The minimum atomic E-state index is -2.78. The van der Waals surface area contributed by atoms with Gasteiger partial charge in [-0.05, 0) is 147 Å². The number of aryl methyl sites for hydroxylation is 1. The average molecular weight is 1380 g/mol. The van der Waals surface area contributed by atoms with Gasteiger partial charge in [0.05, 0.1) is 23.6 Å². The topological polar surface area (TPSA) is 35.9 Å². The SMILES string of the molecule is [2H]c1c([2H])c([2H])c(-c2cnc(-n3c4[c-]c(Oc5[c-]c(-n6[c-][n+](-c7c(-c8cccc(C(C)(C)C)c8)cc(C(C)(C)C)cc7-c7cc(C(C)(C)C)cc(C(C)(C)C)c7)c7ccc(-c8cc(C(C)(C)C)cc(C(C)(C)C)c8)cc76)ccc5)ccc4c4ccccc43)cc2C([2H])([2H])[2H])c([2H])c1[2H].[Pt]. The zero-order valence-electron chi connectivity index (χ0n) is 64.0. The molecule has 466 valence electrons. The number of pyridine rings is 1. The first-order valence-electron chi connectivity index (χ1n) is 35.4. The molecule has 3 aromatic heterocycles. The summed E-state index contributed by atoms with van der Waals surface area (Å²) >= 11 is 0. The summed E-state index contributed by atoms with van der Waals surface area (Å²) in [6.07, 6.45) is 5.31. The van der Waals surface area contributed by atoms with Crippen molar-refractivity contribution in [2.75, 3.05) is 0 Å². The standard InChI is InChI=1S/C85H88N4O.Pt/c1-54-39-78(86-52-73(54)55-27-21-20-22-28-55)89-74-34-24-23-33-69(74)70-37-36-68(51-76(70)89)90-67-32-26-31-66(50-67)87-53-88(75-38-35-56(45-77(75)87)58-41-61(81(5,6)7)46-62(42-58)82(8,9)10)79-71(57-29-25-30-60(40-57)80(2,3)4)48-65(85(17,18)19)49-72(79)59-43-63(83(11,12)13)47-64(44-59)84(14,15)16;/h20-49,52H,1-19H3;/q-2;/i1D3,20D,21D,22D,27D,28D;. The first kappa shape index (κ1) is 54.6. The molecule has 0 aliphatic rings. The molecule has 5 nitrogen and oxygen atoms in total. The number of benzene rings is 9. The maximum absolute atomic E-state index is 8.77. The van der Waals surface area contributed by atoms with Crippen LogP contribution in [-0.2, 0) is 53.6 Å². The summed E-state index contributed by atoms with van der Waals surface area (Å²) in [4.78, 5) is 4.80. The number of para-hydroxylation sites is 1. The van der Waals surface area contributed by atoms with Crippen LogP contribution in [0.4, 0.5) is 0 Å². The summed E-state index contributed by atoms with van der Waals surface area (Å²) in [5.41, 5.74) is 17.3. The van der Waals surface area contributed by atoms with Crippen molar-refractivity contribution in [3.63, 3.8) is 0 Å². The van der Waals surface area contributed by atoms with Crippen molar-refractivity contribution < 1.29 is 41.3 Å². The van der Waals surface area contributed by atoms with Gasteiger partial charge in [-0.1, -0.05) is 263 Å². The Bertz CT molecular complexity index is 5090. The van der Waals surface area contributed by atoms with Gasteiger partial charge >= 0.3 is 0 Å².